The van der Waals surface area contributed by atoms with Crippen molar-refractivity contribution in [3.63, 3.8) is 0 Å². The van der Waals surface area contributed by atoms with Crippen LogP contribution in [0.25, 0.3) is 11.1 Å². The van der Waals surface area contributed by atoms with Crippen LogP contribution in [0.4, 0.5) is 0 Å². The monoisotopic (exact) mass is 574 g/mol. The Hall–Kier alpha value is -1.52. The number of hydrogen-bond acceptors (Lipinski definition) is 0. The van der Waals surface area contributed by atoms with Gasteiger partial charge in [-0.05, 0) is 17.5 Å². The molecule has 0 N–H and O–H groups in total. The van der Waals surface area contributed by atoms with Crippen LogP contribution < -0.4 is 43.1 Å². The van der Waals surface area contributed by atoms with E-state index in [0.717, 1.165) is 13.1 Å². The van der Waals surface area contributed by atoms with Gasteiger partial charge in [0.25, 0.3) is 0 Å². The van der Waals surface area contributed by atoms with Gasteiger partial charge in [0.15, 0.2) is 31.3 Å². The standard InChI is InChI=1S/C29H40N2.2BrH/c1-2-3-4-5-6-7-8-9-10-14-21-30-22-17-28(18-23-30)29-19-24-31(25-20-29)26-27-15-12-11-13-16-27;;/h11-13,15-20,22-25H,2-10,14,21,26H2,1H3;2*1H/q+2;;/p-2. The molecule has 0 spiro atoms. The molecule has 0 atom stereocenters. The highest BCUT2D eigenvalue weighted by Crippen LogP contribution is 2.16. The Morgan fingerprint density at radius 1 is 0.515 bits per heavy atom. The molecule has 0 amide bonds. The van der Waals surface area contributed by atoms with E-state index in [1.807, 2.05) is 0 Å². The van der Waals surface area contributed by atoms with Crippen LogP contribution in [-0.2, 0) is 13.1 Å². The summed E-state index contributed by atoms with van der Waals surface area (Å²) in [5.74, 6) is 0. The first-order valence-electron chi connectivity index (χ1n) is 12.4. The highest BCUT2D eigenvalue weighted by Gasteiger charge is 2.06. The lowest BCUT2D eigenvalue weighted by Crippen LogP contribution is -3.00. The van der Waals surface area contributed by atoms with E-state index in [9.17, 15) is 0 Å². The fourth-order valence-corrected chi connectivity index (χ4v) is 4.13. The van der Waals surface area contributed by atoms with Crippen molar-refractivity contribution in [1.29, 1.82) is 0 Å². The molecule has 0 aliphatic carbocycles. The average molecular weight is 576 g/mol. The fraction of sp³-hybridized carbons (Fsp3) is 0.448. The van der Waals surface area contributed by atoms with E-state index < -0.39 is 0 Å². The lowest BCUT2D eigenvalue weighted by Gasteiger charge is -2.03. The van der Waals surface area contributed by atoms with Crippen molar-refractivity contribution in [3.05, 3.63) is 84.9 Å². The fourth-order valence-electron chi connectivity index (χ4n) is 4.13. The number of aryl methyl sites for hydroxylation is 1. The summed E-state index contributed by atoms with van der Waals surface area (Å²) in [6.07, 6.45) is 22.7. The molecular formula is C29H40Br2N2. The van der Waals surface area contributed by atoms with Gasteiger partial charge in [0.1, 0.15) is 6.54 Å². The largest absolute Gasteiger partial charge is 1.00 e. The van der Waals surface area contributed by atoms with Gasteiger partial charge >= 0.3 is 0 Å². The summed E-state index contributed by atoms with van der Waals surface area (Å²) >= 11 is 0. The predicted octanol–water partition coefficient (Wildman–Crippen LogP) is 0.906. The molecule has 2 heterocycles. The van der Waals surface area contributed by atoms with Crippen molar-refractivity contribution < 1.29 is 43.1 Å². The second-order valence-corrected chi connectivity index (χ2v) is 8.75. The maximum absolute atomic E-state index is 2.33. The molecule has 0 radical (unpaired) electrons. The molecule has 0 aliphatic rings. The zero-order chi connectivity index (χ0) is 21.6. The van der Waals surface area contributed by atoms with E-state index in [1.54, 1.807) is 0 Å². The first-order valence-corrected chi connectivity index (χ1v) is 12.4. The normalized spacial score (nSPS) is 10.3. The van der Waals surface area contributed by atoms with E-state index in [-0.39, 0.29) is 34.0 Å². The minimum atomic E-state index is 0. The number of hydrogen-bond donors (Lipinski definition) is 0. The third kappa shape index (κ3) is 11.4. The van der Waals surface area contributed by atoms with Crippen molar-refractivity contribution in [1.82, 2.24) is 0 Å². The van der Waals surface area contributed by atoms with Crippen LogP contribution in [0, 0.1) is 0 Å². The number of unbranched alkanes of at least 4 members (excludes halogenated alkanes) is 9. The lowest BCUT2D eigenvalue weighted by atomic mass is 10.1. The summed E-state index contributed by atoms with van der Waals surface area (Å²) in [4.78, 5) is 0. The maximum Gasteiger partial charge on any atom is 0.173 e. The second kappa shape index (κ2) is 17.9. The number of halogens is 2. The SMILES string of the molecule is CCCCCCCCCCCC[n+]1ccc(-c2cc[n+](Cc3ccccc3)cc2)cc1.[Br-].[Br-]. The zero-order valence-electron chi connectivity index (χ0n) is 20.1. The van der Waals surface area contributed by atoms with Gasteiger partial charge in [0, 0.05) is 36.2 Å². The first-order chi connectivity index (χ1) is 15.3. The third-order valence-corrected chi connectivity index (χ3v) is 6.09. The van der Waals surface area contributed by atoms with Crippen molar-refractivity contribution in [2.75, 3.05) is 0 Å². The van der Waals surface area contributed by atoms with E-state index in [0.29, 0.717) is 0 Å². The average Bonchev–Trinajstić information content (AvgIpc) is 2.82. The molecule has 0 fully saturated rings. The van der Waals surface area contributed by atoms with Crippen LogP contribution >= 0.6 is 0 Å². The molecule has 0 saturated heterocycles. The molecule has 0 aliphatic heterocycles. The Morgan fingerprint density at radius 3 is 1.48 bits per heavy atom. The Bertz CT molecular complexity index is 849. The summed E-state index contributed by atoms with van der Waals surface area (Å²) in [5, 5.41) is 0. The van der Waals surface area contributed by atoms with E-state index in [4.69, 9.17) is 0 Å². The molecule has 3 rings (SSSR count). The topological polar surface area (TPSA) is 7.76 Å². The molecule has 180 valence electrons. The molecule has 0 unspecified atom stereocenters. The van der Waals surface area contributed by atoms with E-state index >= 15 is 0 Å². The molecule has 4 heteroatoms. The van der Waals surface area contributed by atoms with Gasteiger partial charge < -0.3 is 34.0 Å². The van der Waals surface area contributed by atoms with Gasteiger partial charge in [-0.1, -0.05) is 88.6 Å². The number of aromatic nitrogens is 2. The summed E-state index contributed by atoms with van der Waals surface area (Å²) < 4.78 is 4.56. The Balaban J connectivity index is 0.00000272. The number of nitrogens with zero attached hydrogens (tertiary/aromatic N) is 2. The second-order valence-electron chi connectivity index (χ2n) is 8.75. The Kier molecular flexibility index (Phi) is 16.0. The first kappa shape index (κ1) is 29.5. The zero-order valence-corrected chi connectivity index (χ0v) is 23.3. The predicted molar refractivity (Wildman–Crippen MR) is 130 cm³/mol. The van der Waals surface area contributed by atoms with Crippen molar-refractivity contribution in [2.24, 2.45) is 0 Å². The van der Waals surface area contributed by atoms with Crippen LogP contribution in [0.3, 0.4) is 0 Å². The van der Waals surface area contributed by atoms with Crippen LogP contribution in [-0.4, -0.2) is 0 Å². The Labute approximate surface area is 222 Å². The molecule has 2 nitrogen and oxygen atoms in total. The molecule has 0 bridgehead atoms. The number of rotatable bonds is 14. The molecule has 0 saturated carbocycles. The lowest BCUT2D eigenvalue weighted by molar-refractivity contribution is -0.697. The minimum absolute atomic E-state index is 0. The minimum Gasteiger partial charge on any atom is -1.00 e. The van der Waals surface area contributed by atoms with Crippen molar-refractivity contribution >= 4 is 0 Å². The van der Waals surface area contributed by atoms with Crippen LogP contribution in [0.5, 0.6) is 0 Å². The van der Waals surface area contributed by atoms with Gasteiger partial charge in [0.05, 0.1) is 0 Å². The maximum atomic E-state index is 2.33. The van der Waals surface area contributed by atoms with Crippen molar-refractivity contribution in [3.8, 4) is 11.1 Å². The molecule has 33 heavy (non-hydrogen) atoms. The van der Waals surface area contributed by atoms with Crippen LogP contribution in [0.1, 0.15) is 76.7 Å². The molecule has 2 aromatic heterocycles. The van der Waals surface area contributed by atoms with Gasteiger partial charge in [0.2, 0.25) is 0 Å². The van der Waals surface area contributed by atoms with E-state index in [2.05, 4.69) is 95.4 Å². The molecular weight excluding hydrogens is 536 g/mol. The third-order valence-electron chi connectivity index (χ3n) is 6.09. The van der Waals surface area contributed by atoms with Gasteiger partial charge in [-0.15, -0.1) is 0 Å². The van der Waals surface area contributed by atoms with Gasteiger partial charge in [-0.25, -0.2) is 9.13 Å². The smallest absolute Gasteiger partial charge is 0.173 e. The van der Waals surface area contributed by atoms with Gasteiger partial charge in [-0.3, -0.25) is 0 Å². The number of benzene rings is 1. The van der Waals surface area contributed by atoms with Crippen LogP contribution in [0.2, 0.25) is 0 Å². The summed E-state index contributed by atoms with van der Waals surface area (Å²) in [6, 6.07) is 19.5. The highest BCUT2D eigenvalue weighted by atomic mass is 79.9. The molecule has 3 aromatic rings. The highest BCUT2D eigenvalue weighted by molar-refractivity contribution is 5.60. The van der Waals surface area contributed by atoms with Crippen molar-refractivity contribution in [2.45, 2.75) is 84.2 Å². The quantitative estimate of drug-likeness (QED) is 0.199. The Morgan fingerprint density at radius 2 is 0.970 bits per heavy atom. The molecule has 1 aromatic carbocycles. The number of pyridine rings is 2. The van der Waals surface area contributed by atoms with E-state index in [1.165, 1.54) is 80.9 Å². The summed E-state index contributed by atoms with van der Waals surface area (Å²) in [5.41, 5.74) is 3.88. The summed E-state index contributed by atoms with van der Waals surface area (Å²) in [7, 11) is 0. The van der Waals surface area contributed by atoms with Crippen LogP contribution in [0.15, 0.2) is 79.4 Å². The van der Waals surface area contributed by atoms with Gasteiger partial charge in [-0.2, -0.15) is 0 Å². The summed E-state index contributed by atoms with van der Waals surface area (Å²) in [6.45, 7) is 4.33.